The predicted molar refractivity (Wildman–Crippen MR) is 57.1 cm³/mol. The molecule has 4 nitrogen and oxygen atoms in total. The molecule has 0 heterocycles. The van der Waals surface area contributed by atoms with Crippen molar-refractivity contribution in [3.63, 3.8) is 0 Å². The van der Waals surface area contributed by atoms with Crippen molar-refractivity contribution in [1.29, 1.82) is 0 Å². The van der Waals surface area contributed by atoms with Gasteiger partial charge in [-0.2, -0.15) is 0 Å². The van der Waals surface area contributed by atoms with Gasteiger partial charge in [0.2, 0.25) is 5.91 Å². The molecule has 0 aliphatic heterocycles. The molecule has 84 valence electrons. The van der Waals surface area contributed by atoms with Gasteiger partial charge in [0.1, 0.15) is 0 Å². The Morgan fingerprint density at radius 3 is 2.21 bits per heavy atom. The number of rotatable bonds is 6. The van der Waals surface area contributed by atoms with E-state index in [4.69, 9.17) is 5.11 Å². The van der Waals surface area contributed by atoms with Crippen molar-refractivity contribution < 1.29 is 9.90 Å². The van der Waals surface area contributed by atoms with Gasteiger partial charge < -0.3 is 10.0 Å². The summed E-state index contributed by atoms with van der Waals surface area (Å²) in [5, 5.41) is 9.12. The van der Waals surface area contributed by atoms with E-state index in [1.165, 1.54) is 0 Å². The van der Waals surface area contributed by atoms with Crippen LogP contribution in [0.2, 0.25) is 0 Å². The Labute approximate surface area is 86.5 Å². The Hall–Kier alpha value is -0.610. The summed E-state index contributed by atoms with van der Waals surface area (Å²) in [5.74, 6) is 0.123. The third-order valence-corrected chi connectivity index (χ3v) is 2.10. The van der Waals surface area contributed by atoms with Gasteiger partial charge in [-0.25, -0.2) is 0 Å². The predicted octanol–water partition coefficient (Wildman–Crippen LogP) is 0.167. The Morgan fingerprint density at radius 1 is 1.36 bits per heavy atom. The molecule has 0 bridgehead atoms. The fourth-order valence-electron chi connectivity index (χ4n) is 1.42. The summed E-state index contributed by atoms with van der Waals surface area (Å²) in [7, 11) is 1.84. The Bertz CT molecular complexity index is 168. The molecule has 14 heavy (non-hydrogen) atoms. The lowest BCUT2D eigenvalue weighted by Gasteiger charge is -2.23. The third-order valence-electron chi connectivity index (χ3n) is 2.10. The lowest BCUT2D eigenvalue weighted by molar-refractivity contribution is -0.131. The fraction of sp³-hybridized carbons (Fsp3) is 0.900. The van der Waals surface area contributed by atoms with Gasteiger partial charge in [-0.15, -0.1) is 0 Å². The second kappa shape index (κ2) is 6.79. The Morgan fingerprint density at radius 2 is 1.86 bits per heavy atom. The van der Waals surface area contributed by atoms with Crippen LogP contribution in [-0.4, -0.2) is 60.1 Å². The molecular formula is C10H22N2O2. The van der Waals surface area contributed by atoms with Crippen molar-refractivity contribution in [2.24, 2.45) is 0 Å². The van der Waals surface area contributed by atoms with Crippen LogP contribution < -0.4 is 0 Å². The molecule has 0 aromatic carbocycles. The molecule has 0 aromatic heterocycles. The molecule has 0 spiro atoms. The van der Waals surface area contributed by atoms with Crippen molar-refractivity contribution in [1.82, 2.24) is 9.80 Å². The van der Waals surface area contributed by atoms with Gasteiger partial charge in [0.25, 0.3) is 0 Å². The van der Waals surface area contributed by atoms with Crippen LogP contribution in [0.3, 0.4) is 0 Å². The number of nitrogens with zero attached hydrogens (tertiary/aromatic N) is 2. The minimum Gasteiger partial charge on any atom is -0.392 e. The van der Waals surface area contributed by atoms with E-state index >= 15 is 0 Å². The van der Waals surface area contributed by atoms with Gasteiger partial charge in [-0.1, -0.05) is 0 Å². The zero-order chi connectivity index (χ0) is 11.1. The summed E-state index contributed by atoms with van der Waals surface area (Å²) in [4.78, 5) is 15.2. The molecule has 1 unspecified atom stereocenters. The highest BCUT2D eigenvalue weighted by molar-refractivity contribution is 5.78. The molecule has 4 heteroatoms. The van der Waals surface area contributed by atoms with Gasteiger partial charge in [0.15, 0.2) is 0 Å². The maximum Gasteiger partial charge on any atom is 0.236 e. The van der Waals surface area contributed by atoms with Gasteiger partial charge in [-0.05, 0) is 27.8 Å². The van der Waals surface area contributed by atoms with E-state index < -0.39 is 0 Å². The lowest BCUT2D eigenvalue weighted by atomic mass is 10.3. The van der Waals surface area contributed by atoms with Crippen LogP contribution in [0.5, 0.6) is 0 Å². The van der Waals surface area contributed by atoms with E-state index in [9.17, 15) is 4.79 Å². The lowest BCUT2D eigenvalue weighted by Crippen LogP contribution is -2.40. The Balaban J connectivity index is 3.91. The van der Waals surface area contributed by atoms with Crippen LogP contribution in [-0.2, 0) is 4.79 Å². The number of likely N-dealkylation sites (N-methyl/N-ethyl adjacent to an activating group) is 2. The number of hydrogen-bond acceptors (Lipinski definition) is 3. The number of carbonyl (C=O) groups excluding carboxylic acids is 1. The molecule has 0 aliphatic carbocycles. The smallest absolute Gasteiger partial charge is 0.236 e. The van der Waals surface area contributed by atoms with Crippen molar-refractivity contribution in [3.05, 3.63) is 0 Å². The van der Waals surface area contributed by atoms with Crippen LogP contribution in [0.15, 0.2) is 0 Å². The quantitative estimate of drug-likeness (QED) is 0.667. The zero-order valence-corrected chi connectivity index (χ0v) is 9.66. The van der Waals surface area contributed by atoms with E-state index in [2.05, 4.69) is 0 Å². The fourth-order valence-corrected chi connectivity index (χ4v) is 1.42. The van der Waals surface area contributed by atoms with E-state index in [1.807, 2.05) is 25.8 Å². The molecule has 0 aliphatic rings. The van der Waals surface area contributed by atoms with Crippen molar-refractivity contribution in [2.75, 3.05) is 33.2 Å². The monoisotopic (exact) mass is 202 g/mol. The van der Waals surface area contributed by atoms with Gasteiger partial charge in [0, 0.05) is 19.6 Å². The van der Waals surface area contributed by atoms with Gasteiger partial charge in [-0.3, -0.25) is 9.69 Å². The van der Waals surface area contributed by atoms with Crippen LogP contribution in [0.4, 0.5) is 0 Å². The second-order valence-corrected chi connectivity index (χ2v) is 3.61. The van der Waals surface area contributed by atoms with Crippen LogP contribution in [0.25, 0.3) is 0 Å². The van der Waals surface area contributed by atoms with Gasteiger partial charge >= 0.3 is 0 Å². The standard InChI is InChI=1S/C10H22N2O2/c1-5-12(6-2)10(14)8-11(4)7-9(3)13/h9,13H,5-8H2,1-4H3. The summed E-state index contributed by atoms with van der Waals surface area (Å²) in [6.45, 7) is 8.07. The highest BCUT2D eigenvalue weighted by Gasteiger charge is 2.12. The number of carbonyl (C=O) groups is 1. The first kappa shape index (κ1) is 13.4. The average molecular weight is 202 g/mol. The first-order valence-electron chi connectivity index (χ1n) is 5.15. The summed E-state index contributed by atoms with van der Waals surface area (Å²) in [5.41, 5.74) is 0. The first-order chi connectivity index (χ1) is 6.51. The maximum absolute atomic E-state index is 11.6. The molecular weight excluding hydrogens is 180 g/mol. The van der Waals surface area contributed by atoms with E-state index in [0.717, 1.165) is 13.1 Å². The highest BCUT2D eigenvalue weighted by Crippen LogP contribution is 1.93. The molecule has 0 radical (unpaired) electrons. The summed E-state index contributed by atoms with van der Waals surface area (Å²) in [6, 6.07) is 0. The first-order valence-corrected chi connectivity index (χ1v) is 5.15. The second-order valence-electron chi connectivity index (χ2n) is 3.61. The molecule has 0 saturated carbocycles. The maximum atomic E-state index is 11.6. The van der Waals surface area contributed by atoms with Crippen molar-refractivity contribution >= 4 is 5.91 Å². The molecule has 1 N–H and O–H groups in total. The van der Waals surface area contributed by atoms with Crippen LogP contribution in [0, 0.1) is 0 Å². The summed E-state index contributed by atoms with van der Waals surface area (Å²) >= 11 is 0. The average Bonchev–Trinajstić information content (AvgIpc) is 2.04. The van der Waals surface area contributed by atoms with E-state index in [1.54, 1.807) is 11.8 Å². The van der Waals surface area contributed by atoms with Crippen molar-refractivity contribution in [3.8, 4) is 0 Å². The normalized spacial score (nSPS) is 13.0. The largest absolute Gasteiger partial charge is 0.392 e. The molecule has 0 rings (SSSR count). The van der Waals surface area contributed by atoms with Gasteiger partial charge in [0.05, 0.1) is 12.6 Å². The molecule has 0 saturated heterocycles. The number of aliphatic hydroxyl groups excluding tert-OH is 1. The molecule has 0 aromatic rings. The minimum absolute atomic E-state index is 0.123. The zero-order valence-electron chi connectivity index (χ0n) is 9.66. The van der Waals surface area contributed by atoms with Crippen LogP contribution >= 0.6 is 0 Å². The van der Waals surface area contributed by atoms with E-state index in [-0.39, 0.29) is 12.0 Å². The molecule has 1 amide bonds. The molecule has 1 atom stereocenters. The third kappa shape index (κ3) is 5.19. The topological polar surface area (TPSA) is 43.8 Å². The number of hydrogen-bond donors (Lipinski definition) is 1. The summed E-state index contributed by atoms with van der Waals surface area (Å²) in [6.07, 6.45) is -0.385. The number of amides is 1. The summed E-state index contributed by atoms with van der Waals surface area (Å²) < 4.78 is 0. The highest BCUT2D eigenvalue weighted by atomic mass is 16.3. The van der Waals surface area contributed by atoms with Crippen LogP contribution in [0.1, 0.15) is 20.8 Å². The van der Waals surface area contributed by atoms with E-state index in [0.29, 0.717) is 13.1 Å². The van der Waals surface area contributed by atoms with Crippen molar-refractivity contribution in [2.45, 2.75) is 26.9 Å². The number of aliphatic hydroxyl groups is 1. The molecule has 0 fully saturated rings. The Kier molecular flexibility index (Phi) is 6.49. The SMILES string of the molecule is CCN(CC)C(=O)CN(C)CC(C)O. The minimum atomic E-state index is -0.385.